The van der Waals surface area contributed by atoms with Gasteiger partial charge >= 0.3 is 18.0 Å². The van der Waals surface area contributed by atoms with E-state index in [1.165, 1.54) is 36.2 Å². The van der Waals surface area contributed by atoms with Crippen molar-refractivity contribution >= 4 is 34.3 Å². The molecule has 0 spiro atoms. The number of alkyl halides is 7. The number of nitrogens with zero attached hydrogens (tertiary/aromatic N) is 2. The molecule has 0 aromatic heterocycles. The average Bonchev–Trinajstić information content (AvgIpc) is 2.92. The van der Waals surface area contributed by atoms with Gasteiger partial charge in [0.2, 0.25) is 0 Å². The molecule has 6 nitrogen and oxygen atoms in total. The number of rotatable bonds is 9. The lowest BCUT2D eigenvalue weighted by atomic mass is 9.90. The summed E-state index contributed by atoms with van der Waals surface area (Å²) in [5.74, 6) is -1.43. The first-order valence-electron chi connectivity index (χ1n) is 12.6. The van der Waals surface area contributed by atoms with Gasteiger partial charge in [-0.05, 0) is 61.7 Å². The molecule has 0 saturated heterocycles. The highest BCUT2D eigenvalue weighted by Crippen LogP contribution is 2.54. The topological polar surface area (TPSA) is 80.8 Å². The van der Waals surface area contributed by atoms with E-state index in [-0.39, 0.29) is 46.8 Å². The summed E-state index contributed by atoms with van der Waals surface area (Å²) in [5, 5.41) is 0. The Labute approximate surface area is 245 Å². The van der Waals surface area contributed by atoms with E-state index in [4.69, 9.17) is 0 Å². The highest BCUT2D eigenvalue weighted by atomic mass is 32.2. The number of hydrogen-bond acceptors (Lipinski definition) is 4. The van der Waals surface area contributed by atoms with Gasteiger partial charge in [0.15, 0.2) is 0 Å². The summed E-state index contributed by atoms with van der Waals surface area (Å²) in [7, 11) is 1.25. The Hall–Kier alpha value is -3.78. The second-order valence-corrected chi connectivity index (χ2v) is 10.7. The normalized spacial score (nSPS) is 13.0. The van der Waals surface area contributed by atoms with Crippen LogP contribution in [0.2, 0.25) is 0 Å². The summed E-state index contributed by atoms with van der Waals surface area (Å²) >= 11 is -2.35. The molecule has 0 radical (unpaired) electrons. The van der Waals surface area contributed by atoms with Crippen molar-refractivity contribution in [2.45, 2.75) is 38.3 Å². The van der Waals surface area contributed by atoms with E-state index in [2.05, 4.69) is 0 Å². The van der Waals surface area contributed by atoms with E-state index < -0.39 is 46.5 Å². The molecule has 3 rings (SSSR count). The summed E-state index contributed by atoms with van der Waals surface area (Å²) < 4.78 is 117. The van der Waals surface area contributed by atoms with Gasteiger partial charge in [0.05, 0.1) is 0 Å². The van der Waals surface area contributed by atoms with Crippen LogP contribution >= 0.6 is 0 Å². The number of carbonyl (C=O) groups excluding carboxylic acids is 2. The first-order chi connectivity index (χ1) is 19.9. The molecule has 0 aliphatic rings. The van der Waals surface area contributed by atoms with E-state index in [1.807, 2.05) is 0 Å². The number of aryl methyl sites for hydroxylation is 2. The van der Waals surface area contributed by atoms with Crippen LogP contribution in [-0.4, -0.2) is 52.3 Å². The number of halogens is 7. The highest BCUT2D eigenvalue weighted by Gasteiger charge is 2.73. The summed E-state index contributed by atoms with van der Waals surface area (Å²) in [6.07, 6.45) is -12.5. The Bertz CT molecular complexity index is 1470. The van der Waals surface area contributed by atoms with Crippen LogP contribution in [0.1, 0.15) is 43.8 Å². The first kappa shape index (κ1) is 33.7. The summed E-state index contributed by atoms with van der Waals surface area (Å²) in [5.41, 5.74) is -7.22. The van der Waals surface area contributed by atoms with Crippen LogP contribution in [0, 0.1) is 13.8 Å². The fourth-order valence-corrected chi connectivity index (χ4v) is 5.06. The molecule has 0 N–H and O–H groups in total. The molecule has 2 amide bonds. The molecule has 0 heterocycles. The van der Waals surface area contributed by atoms with Crippen molar-refractivity contribution < 1.29 is 49.1 Å². The number of hydrogen-bond donors (Lipinski definition) is 0. The third-order valence-corrected chi connectivity index (χ3v) is 7.30. The van der Waals surface area contributed by atoms with Crippen LogP contribution in [0.4, 0.5) is 42.1 Å². The Morgan fingerprint density at radius 2 is 1.33 bits per heavy atom. The zero-order valence-corrected chi connectivity index (χ0v) is 23.9. The molecule has 43 heavy (non-hydrogen) atoms. The van der Waals surface area contributed by atoms with Gasteiger partial charge in [-0.15, -0.1) is 0 Å². The molecule has 232 valence electrons. The Morgan fingerprint density at radius 3 is 1.84 bits per heavy atom. The third-order valence-electron chi connectivity index (χ3n) is 6.67. The fourth-order valence-electron chi connectivity index (χ4n) is 4.70. The lowest BCUT2D eigenvalue weighted by Gasteiger charge is -2.32. The third kappa shape index (κ3) is 7.07. The molecule has 1 atom stereocenters. The van der Waals surface area contributed by atoms with Crippen LogP contribution in [-0.2, 0) is 16.7 Å². The van der Waals surface area contributed by atoms with Gasteiger partial charge in [0.1, 0.15) is 0 Å². The van der Waals surface area contributed by atoms with Crippen LogP contribution < -0.4 is 9.80 Å². The molecular weight excluding hydrogens is 605 g/mol. The maximum Gasteiger partial charge on any atom is 0.435 e. The van der Waals surface area contributed by atoms with Crippen LogP contribution in [0.25, 0.3) is 0 Å². The average molecular weight is 632 g/mol. The predicted octanol–water partition coefficient (Wildman–Crippen LogP) is 6.79. The van der Waals surface area contributed by atoms with Gasteiger partial charge in [-0.25, -0.2) is 4.39 Å². The molecule has 0 fully saturated rings. The van der Waals surface area contributed by atoms with E-state index in [1.54, 1.807) is 30.3 Å². The van der Waals surface area contributed by atoms with Gasteiger partial charge in [-0.3, -0.25) is 13.8 Å². The maximum absolute atomic E-state index is 14.7. The second-order valence-electron chi connectivity index (χ2n) is 9.71. The lowest BCUT2D eigenvalue weighted by molar-refractivity contribution is -0.348. The predicted molar refractivity (Wildman–Crippen MR) is 147 cm³/mol. The summed E-state index contributed by atoms with van der Waals surface area (Å²) in [4.78, 5) is 29.1. The van der Waals surface area contributed by atoms with E-state index in [0.29, 0.717) is 17.7 Å². The molecule has 3 aromatic carbocycles. The van der Waals surface area contributed by atoms with Crippen LogP contribution in [0.3, 0.4) is 0 Å². The number of anilines is 2. The van der Waals surface area contributed by atoms with E-state index >= 15 is 0 Å². The molecule has 14 heteroatoms. The van der Waals surface area contributed by atoms with Gasteiger partial charge < -0.3 is 14.4 Å². The fraction of sp³-hybridized carbons (Fsp3) is 0.310. The van der Waals surface area contributed by atoms with Crippen molar-refractivity contribution in [3.63, 3.8) is 0 Å². The van der Waals surface area contributed by atoms with Crippen molar-refractivity contribution in [1.29, 1.82) is 0 Å². The summed E-state index contributed by atoms with van der Waals surface area (Å²) in [6, 6.07) is 14.6. The SMILES string of the molecule is Cc1cc(C(F)(C(F)(F)F)C(F)(F)F)cc(C)c1N(C)C(=O)c1cccc(N(CCCS(=O)[O-])C(=O)c2ccccc2)c1. The molecule has 0 aliphatic heterocycles. The van der Waals surface area contributed by atoms with Gasteiger partial charge in [-0.2, -0.15) is 26.3 Å². The van der Waals surface area contributed by atoms with Crippen LogP contribution in [0.5, 0.6) is 0 Å². The smallest absolute Gasteiger partial charge is 0.435 e. The monoisotopic (exact) mass is 631 g/mol. The van der Waals surface area contributed by atoms with E-state index in [9.17, 15) is 49.1 Å². The maximum atomic E-state index is 14.7. The van der Waals surface area contributed by atoms with Crippen molar-refractivity contribution in [3.05, 3.63) is 94.5 Å². The molecule has 0 bridgehead atoms. The molecule has 0 saturated carbocycles. The van der Waals surface area contributed by atoms with Crippen molar-refractivity contribution in [2.24, 2.45) is 0 Å². The quantitative estimate of drug-likeness (QED) is 0.193. The van der Waals surface area contributed by atoms with Crippen molar-refractivity contribution in [3.8, 4) is 0 Å². The van der Waals surface area contributed by atoms with Crippen LogP contribution in [0.15, 0.2) is 66.7 Å². The molecule has 1 unspecified atom stereocenters. The Balaban J connectivity index is 2.00. The highest BCUT2D eigenvalue weighted by molar-refractivity contribution is 7.79. The van der Waals surface area contributed by atoms with Crippen molar-refractivity contribution in [1.82, 2.24) is 0 Å². The minimum atomic E-state index is -6.29. The minimum Gasteiger partial charge on any atom is -0.772 e. The lowest BCUT2D eigenvalue weighted by Crippen LogP contribution is -2.50. The van der Waals surface area contributed by atoms with Gasteiger partial charge in [-0.1, -0.05) is 47.5 Å². The first-order valence-corrected chi connectivity index (χ1v) is 13.9. The van der Waals surface area contributed by atoms with E-state index in [0.717, 1.165) is 18.7 Å². The van der Waals surface area contributed by atoms with Crippen molar-refractivity contribution in [2.75, 3.05) is 29.1 Å². The molecule has 0 aliphatic carbocycles. The van der Waals surface area contributed by atoms with Gasteiger partial charge in [0.25, 0.3) is 11.8 Å². The Morgan fingerprint density at radius 1 is 0.791 bits per heavy atom. The largest absolute Gasteiger partial charge is 0.772 e. The Kier molecular flexibility index (Phi) is 10.1. The zero-order chi connectivity index (χ0) is 32.3. The minimum absolute atomic E-state index is 0.00607. The number of benzene rings is 3. The molecular formula is C29H26F7N2O4S-. The zero-order valence-electron chi connectivity index (χ0n) is 23.1. The van der Waals surface area contributed by atoms with Gasteiger partial charge in [0, 0.05) is 47.4 Å². The summed E-state index contributed by atoms with van der Waals surface area (Å²) in [6.45, 7) is 2.29. The molecule has 3 aromatic rings. The second kappa shape index (κ2) is 12.8. The standard InChI is InChI=1S/C29H27F7N2O4S/c1-18-15-22(27(30,28(31,32)33)29(34,35)36)16-19(2)24(18)37(3)25(39)21-11-7-12-23(17-21)38(13-8-14-43(41)42)26(40)20-9-5-4-6-10-20/h4-7,9-12,15-17H,8,13-14H2,1-3H3,(H,41,42)/p-1. The number of carbonyl (C=O) groups is 2. The number of amides is 2.